The molecule has 1 aliphatic rings. The molecule has 2 atom stereocenters. The first kappa shape index (κ1) is 21.1. The maximum atomic E-state index is 12.7. The van der Waals surface area contributed by atoms with Crippen LogP contribution in [0.4, 0.5) is 18.0 Å². The van der Waals surface area contributed by atoms with Gasteiger partial charge in [0.1, 0.15) is 11.4 Å². The van der Waals surface area contributed by atoms with Gasteiger partial charge in [0.15, 0.2) is 5.78 Å². The highest BCUT2D eigenvalue weighted by Gasteiger charge is 2.39. The van der Waals surface area contributed by atoms with E-state index in [1.54, 1.807) is 26.8 Å². The summed E-state index contributed by atoms with van der Waals surface area (Å²) < 4.78 is 46.3. The van der Waals surface area contributed by atoms with Crippen molar-refractivity contribution in [3.05, 3.63) is 29.8 Å². The van der Waals surface area contributed by atoms with Gasteiger partial charge in [0.25, 0.3) is 0 Å². The van der Waals surface area contributed by atoms with Gasteiger partial charge in [-0.15, -0.1) is 13.2 Å². The van der Waals surface area contributed by atoms with E-state index in [0.29, 0.717) is 18.5 Å². The lowest BCUT2D eigenvalue weighted by Crippen LogP contribution is -2.43. The molecule has 2 rings (SSSR count). The summed E-state index contributed by atoms with van der Waals surface area (Å²) >= 11 is 0. The van der Waals surface area contributed by atoms with Gasteiger partial charge in [0.2, 0.25) is 0 Å². The highest BCUT2D eigenvalue weighted by Crippen LogP contribution is 2.28. The molecule has 0 spiro atoms. The highest BCUT2D eigenvalue weighted by atomic mass is 19.4. The van der Waals surface area contributed by atoms with E-state index in [4.69, 9.17) is 4.74 Å². The van der Waals surface area contributed by atoms with Crippen LogP contribution in [0.25, 0.3) is 0 Å². The summed E-state index contributed by atoms with van der Waals surface area (Å²) in [6.45, 7) is 7.57. The number of carbonyl (C=O) groups is 2. The van der Waals surface area contributed by atoms with Crippen molar-refractivity contribution >= 4 is 11.9 Å². The Hall–Kier alpha value is -2.25. The second-order valence-corrected chi connectivity index (χ2v) is 7.83. The van der Waals surface area contributed by atoms with Crippen LogP contribution < -0.4 is 4.74 Å². The molecule has 1 aliphatic heterocycles. The average Bonchev–Trinajstić information content (AvgIpc) is 2.86. The minimum absolute atomic E-state index is 0.0915. The van der Waals surface area contributed by atoms with Crippen LogP contribution in [-0.2, 0) is 16.0 Å². The number of alkyl halides is 3. The number of amides is 1. The number of carbonyl (C=O) groups excluding carboxylic acids is 2. The lowest BCUT2D eigenvalue weighted by atomic mass is 9.99. The van der Waals surface area contributed by atoms with Gasteiger partial charge in [-0.25, -0.2) is 4.79 Å². The molecule has 5 nitrogen and oxygen atoms in total. The summed E-state index contributed by atoms with van der Waals surface area (Å²) in [7, 11) is 0. The standard InChI is InChI=1S/C19H24F3NO4/c1-12-8-15(23(11-12)17(25)27-18(2,3)4)16(24)10-13-6-5-7-14(9-13)26-19(20,21)22/h5-7,9,12,15H,8,10-11H2,1-4H3/t12-,15-/m0/s1. The first-order valence-electron chi connectivity index (χ1n) is 8.71. The van der Waals surface area contributed by atoms with Gasteiger partial charge in [-0.1, -0.05) is 19.1 Å². The van der Waals surface area contributed by atoms with E-state index in [2.05, 4.69) is 4.74 Å². The monoisotopic (exact) mass is 387 g/mol. The van der Waals surface area contributed by atoms with Crippen LogP contribution in [0, 0.1) is 5.92 Å². The van der Waals surface area contributed by atoms with E-state index in [1.807, 2.05) is 6.92 Å². The van der Waals surface area contributed by atoms with E-state index in [-0.39, 0.29) is 23.9 Å². The molecule has 1 amide bonds. The van der Waals surface area contributed by atoms with Gasteiger partial charge in [-0.2, -0.15) is 0 Å². The van der Waals surface area contributed by atoms with E-state index in [1.165, 1.54) is 23.1 Å². The Morgan fingerprint density at radius 2 is 1.89 bits per heavy atom. The Kier molecular flexibility index (Phi) is 6.07. The predicted molar refractivity (Wildman–Crippen MR) is 92.3 cm³/mol. The smallest absolute Gasteiger partial charge is 0.444 e. The zero-order chi connectivity index (χ0) is 20.4. The van der Waals surface area contributed by atoms with Gasteiger partial charge in [-0.05, 0) is 50.8 Å². The Balaban J connectivity index is 2.09. The molecule has 0 bridgehead atoms. The minimum Gasteiger partial charge on any atom is -0.444 e. The van der Waals surface area contributed by atoms with Gasteiger partial charge in [0, 0.05) is 13.0 Å². The molecule has 0 N–H and O–H groups in total. The van der Waals surface area contributed by atoms with Crippen LogP contribution in [0.1, 0.15) is 39.7 Å². The van der Waals surface area contributed by atoms with Crippen molar-refractivity contribution in [3.63, 3.8) is 0 Å². The largest absolute Gasteiger partial charge is 0.573 e. The molecular weight excluding hydrogens is 363 g/mol. The summed E-state index contributed by atoms with van der Waals surface area (Å²) in [4.78, 5) is 26.5. The van der Waals surface area contributed by atoms with Crippen molar-refractivity contribution in [1.29, 1.82) is 0 Å². The molecular formula is C19H24F3NO4. The minimum atomic E-state index is -4.79. The van der Waals surface area contributed by atoms with Gasteiger partial charge >= 0.3 is 12.5 Å². The molecule has 27 heavy (non-hydrogen) atoms. The third kappa shape index (κ3) is 6.45. The molecule has 1 saturated heterocycles. The summed E-state index contributed by atoms with van der Waals surface area (Å²) in [6.07, 6.45) is -4.95. The van der Waals surface area contributed by atoms with Crippen LogP contribution in [0.3, 0.4) is 0 Å². The Morgan fingerprint density at radius 1 is 1.22 bits per heavy atom. The molecule has 1 aromatic rings. The second-order valence-electron chi connectivity index (χ2n) is 7.83. The number of nitrogens with zero attached hydrogens (tertiary/aromatic N) is 1. The van der Waals surface area contributed by atoms with Crippen LogP contribution in [0.15, 0.2) is 24.3 Å². The number of Topliss-reactive ketones (excluding diaryl/α,β-unsaturated/α-hetero) is 1. The first-order valence-corrected chi connectivity index (χ1v) is 8.71. The number of benzene rings is 1. The molecule has 1 heterocycles. The summed E-state index contributed by atoms with van der Waals surface area (Å²) in [6, 6.07) is 4.65. The number of ether oxygens (including phenoxy) is 2. The number of halogens is 3. The van der Waals surface area contributed by atoms with Crippen molar-refractivity contribution in [2.75, 3.05) is 6.54 Å². The number of likely N-dealkylation sites (tertiary alicyclic amines) is 1. The first-order chi connectivity index (χ1) is 12.3. The van der Waals surface area contributed by atoms with Crippen LogP contribution in [0.2, 0.25) is 0 Å². The average molecular weight is 387 g/mol. The van der Waals surface area contributed by atoms with E-state index < -0.39 is 24.1 Å². The zero-order valence-corrected chi connectivity index (χ0v) is 15.8. The third-order valence-corrected chi connectivity index (χ3v) is 4.02. The van der Waals surface area contributed by atoms with Crippen molar-refractivity contribution < 1.29 is 32.2 Å². The van der Waals surface area contributed by atoms with Gasteiger partial charge in [-0.3, -0.25) is 9.69 Å². The van der Waals surface area contributed by atoms with E-state index >= 15 is 0 Å². The normalized spacial score (nSPS) is 20.5. The lowest BCUT2D eigenvalue weighted by molar-refractivity contribution is -0.274. The maximum absolute atomic E-state index is 12.7. The van der Waals surface area contributed by atoms with Crippen LogP contribution in [-0.4, -0.2) is 41.3 Å². The molecule has 150 valence electrons. The summed E-state index contributed by atoms with van der Waals surface area (Å²) in [5.74, 6) is -0.489. The number of hydrogen-bond donors (Lipinski definition) is 0. The molecule has 1 fully saturated rings. The fourth-order valence-electron chi connectivity index (χ4n) is 3.05. The number of rotatable bonds is 4. The van der Waals surface area contributed by atoms with Crippen molar-refractivity contribution in [1.82, 2.24) is 4.90 Å². The molecule has 1 aromatic carbocycles. The number of ketones is 1. The molecule has 0 radical (unpaired) electrons. The molecule has 0 unspecified atom stereocenters. The Labute approximate surface area is 156 Å². The predicted octanol–water partition coefficient (Wildman–Crippen LogP) is 4.34. The van der Waals surface area contributed by atoms with Gasteiger partial charge < -0.3 is 9.47 Å². The zero-order valence-electron chi connectivity index (χ0n) is 15.8. The van der Waals surface area contributed by atoms with Crippen molar-refractivity contribution in [3.8, 4) is 5.75 Å². The fraction of sp³-hybridized carbons (Fsp3) is 0.579. The van der Waals surface area contributed by atoms with Gasteiger partial charge in [0.05, 0.1) is 6.04 Å². The van der Waals surface area contributed by atoms with Crippen molar-refractivity contribution in [2.45, 2.75) is 58.5 Å². The Bertz CT molecular complexity index is 697. The molecule has 0 saturated carbocycles. The third-order valence-electron chi connectivity index (χ3n) is 4.02. The fourth-order valence-corrected chi connectivity index (χ4v) is 3.05. The van der Waals surface area contributed by atoms with Crippen LogP contribution in [0.5, 0.6) is 5.75 Å². The number of hydrogen-bond acceptors (Lipinski definition) is 4. The van der Waals surface area contributed by atoms with E-state index in [0.717, 1.165) is 0 Å². The van der Waals surface area contributed by atoms with Crippen LogP contribution >= 0.6 is 0 Å². The van der Waals surface area contributed by atoms with Crippen molar-refractivity contribution in [2.24, 2.45) is 5.92 Å². The summed E-state index contributed by atoms with van der Waals surface area (Å²) in [5.41, 5.74) is -0.287. The Morgan fingerprint density at radius 3 is 2.48 bits per heavy atom. The topological polar surface area (TPSA) is 55.8 Å². The second kappa shape index (κ2) is 7.78. The molecule has 8 heteroatoms. The highest BCUT2D eigenvalue weighted by molar-refractivity contribution is 5.89. The quantitative estimate of drug-likeness (QED) is 0.771. The maximum Gasteiger partial charge on any atom is 0.573 e. The molecule has 0 aromatic heterocycles. The molecule has 0 aliphatic carbocycles. The lowest BCUT2D eigenvalue weighted by Gasteiger charge is -2.28. The van der Waals surface area contributed by atoms with E-state index in [9.17, 15) is 22.8 Å². The SMILES string of the molecule is C[C@H]1C[C@@H](C(=O)Cc2cccc(OC(F)(F)F)c2)N(C(=O)OC(C)(C)C)C1. The summed E-state index contributed by atoms with van der Waals surface area (Å²) in [5, 5.41) is 0.